The lowest BCUT2D eigenvalue weighted by Gasteiger charge is -2.15. The molecule has 0 bridgehead atoms. The topological polar surface area (TPSA) is 30.5 Å². The summed E-state index contributed by atoms with van der Waals surface area (Å²) in [6.45, 7) is 2.77. The zero-order valence-corrected chi connectivity index (χ0v) is 15.6. The van der Waals surface area contributed by atoms with Crippen molar-refractivity contribution in [3.05, 3.63) is 62.5 Å². The van der Waals surface area contributed by atoms with Crippen molar-refractivity contribution in [1.82, 2.24) is 5.32 Å². The van der Waals surface area contributed by atoms with Gasteiger partial charge in [0.1, 0.15) is 12.4 Å². The molecule has 2 aromatic carbocycles. The Morgan fingerprint density at radius 2 is 1.86 bits per heavy atom. The molecule has 2 aromatic rings. The van der Waals surface area contributed by atoms with Crippen LogP contribution in [-0.2, 0) is 17.9 Å². The van der Waals surface area contributed by atoms with E-state index in [-0.39, 0.29) is 0 Å². The molecule has 1 N–H and O–H groups in total. The van der Waals surface area contributed by atoms with Gasteiger partial charge in [-0.15, -0.1) is 0 Å². The molecule has 3 nitrogen and oxygen atoms in total. The molecule has 0 atom stereocenters. The van der Waals surface area contributed by atoms with Crippen molar-refractivity contribution >= 4 is 31.9 Å². The van der Waals surface area contributed by atoms with Crippen LogP contribution in [0.3, 0.4) is 0 Å². The summed E-state index contributed by atoms with van der Waals surface area (Å²) in [5.41, 5.74) is 2.25. The highest BCUT2D eigenvalue weighted by molar-refractivity contribution is 9.11. The van der Waals surface area contributed by atoms with Crippen LogP contribution in [0.15, 0.2) is 51.4 Å². The number of halogens is 2. The Balaban J connectivity index is 2.07. The number of ether oxygens (including phenoxy) is 2. The van der Waals surface area contributed by atoms with Crippen LogP contribution >= 0.6 is 31.9 Å². The van der Waals surface area contributed by atoms with E-state index in [0.717, 1.165) is 38.9 Å². The standard InChI is InChI=1S/C17H19Br2NO2/c1-21-8-7-20-11-14-9-15(18)10-16(19)17(14)22-12-13-5-3-2-4-6-13/h2-6,9-10,20H,7-8,11-12H2,1H3. The Kier molecular flexibility index (Phi) is 7.39. The van der Waals surface area contributed by atoms with Gasteiger partial charge in [0, 0.05) is 30.2 Å². The molecule has 0 amide bonds. The lowest BCUT2D eigenvalue weighted by molar-refractivity contribution is 0.199. The van der Waals surface area contributed by atoms with E-state index >= 15 is 0 Å². The number of rotatable bonds is 8. The number of hydrogen-bond acceptors (Lipinski definition) is 3. The van der Waals surface area contributed by atoms with Gasteiger partial charge in [0.15, 0.2) is 0 Å². The average Bonchev–Trinajstić information content (AvgIpc) is 2.51. The molecule has 5 heteroatoms. The molecule has 0 heterocycles. The van der Waals surface area contributed by atoms with E-state index in [2.05, 4.69) is 55.4 Å². The first kappa shape index (κ1) is 17.5. The third-order valence-corrected chi connectivity index (χ3v) is 4.16. The van der Waals surface area contributed by atoms with Gasteiger partial charge in [-0.25, -0.2) is 0 Å². The van der Waals surface area contributed by atoms with Crippen LogP contribution < -0.4 is 10.1 Å². The van der Waals surface area contributed by atoms with E-state index in [1.807, 2.05) is 24.3 Å². The first-order valence-corrected chi connectivity index (χ1v) is 8.63. The van der Waals surface area contributed by atoms with Crippen LogP contribution in [0.25, 0.3) is 0 Å². The highest BCUT2D eigenvalue weighted by atomic mass is 79.9. The summed E-state index contributed by atoms with van der Waals surface area (Å²) >= 11 is 7.11. The van der Waals surface area contributed by atoms with Gasteiger partial charge in [-0.05, 0) is 33.6 Å². The normalized spacial score (nSPS) is 10.7. The fraction of sp³-hybridized carbons (Fsp3) is 0.294. The number of nitrogens with one attached hydrogen (secondary N) is 1. The van der Waals surface area contributed by atoms with E-state index in [1.165, 1.54) is 0 Å². The minimum Gasteiger partial charge on any atom is -0.487 e. The van der Waals surface area contributed by atoms with Crippen molar-refractivity contribution in [2.24, 2.45) is 0 Å². The maximum atomic E-state index is 6.03. The Morgan fingerprint density at radius 3 is 2.59 bits per heavy atom. The summed E-state index contributed by atoms with van der Waals surface area (Å²) in [6, 6.07) is 14.2. The molecular formula is C17H19Br2NO2. The minimum absolute atomic E-state index is 0.548. The average molecular weight is 429 g/mol. The molecule has 0 saturated heterocycles. The third kappa shape index (κ3) is 5.39. The first-order chi connectivity index (χ1) is 10.7. The van der Waals surface area contributed by atoms with E-state index in [9.17, 15) is 0 Å². The van der Waals surface area contributed by atoms with E-state index in [0.29, 0.717) is 13.2 Å². The van der Waals surface area contributed by atoms with Crippen molar-refractivity contribution in [1.29, 1.82) is 0 Å². The van der Waals surface area contributed by atoms with Crippen molar-refractivity contribution in [2.45, 2.75) is 13.2 Å². The predicted octanol–water partition coefficient (Wildman–Crippen LogP) is 4.53. The summed E-state index contributed by atoms with van der Waals surface area (Å²) in [5, 5.41) is 3.35. The second-order valence-corrected chi connectivity index (χ2v) is 6.59. The van der Waals surface area contributed by atoms with Gasteiger partial charge in [-0.2, -0.15) is 0 Å². The van der Waals surface area contributed by atoms with Crippen molar-refractivity contribution < 1.29 is 9.47 Å². The molecule has 0 saturated carbocycles. The van der Waals surface area contributed by atoms with Crippen LogP contribution in [0.2, 0.25) is 0 Å². The van der Waals surface area contributed by atoms with Crippen LogP contribution in [0, 0.1) is 0 Å². The fourth-order valence-electron chi connectivity index (χ4n) is 2.03. The summed E-state index contributed by atoms with van der Waals surface area (Å²) in [5.74, 6) is 0.872. The molecule has 0 aromatic heterocycles. The molecule has 0 spiro atoms. The van der Waals surface area contributed by atoms with Gasteiger partial charge < -0.3 is 14.8 Å². The van der Waals surface area contributed by atoms with Crippen LogP contribution in [0.5, 0.6) is 5.75 Å². The second-order valence-electron chi connectivity index (χ2n) is 4.82. The summed E-state index contributed by atoms with van der Waals surface area (Å²) < 4.78 is 13.0. The Bertz CT molecular complexity index is 591. The van der Waals surface area contributed by atoms with E-state index in [1.54, 1.807) is 7.11 Å². The van der Waals surface area contributed by atoms with Gasteiger partial charge in [-0.1, -0.05) is 46.3 Å². The first-order valence-electron chi connectivity index (χ1n) is 7.05. The summed E-state index contributed by atoms with van der Waals surface area (Å²) in [4.78, 5) is 0. The summed E-state index contributed by atoms with van der Waals surface area (Å²) in [7, 11) is 1.70. The molecule has 0 fully saturated rings. The van der Waals surface area contributed by atoms with E-state index in [4.69, 9.17) is 9.47 Å². The largest absolute Gasteiger partial charge is 0.487 e. The van der Waals surface area contributed by atoms with Crippen molar-refractivity contribution in [3.63, 3.8) is 0 Å². The molecule has 2 rings (SSSR count). The molecule has 0 unspecified atom stereocenters. The van der Waals surface area contributed by atoms with Crippen molar-refractivity contribution in [3.8, 4) is 5.75 Å². The lowest BCUT2D eigenvalue weighted by Crippen LogP contribution is -2.19. The number of methoxy groups -OCH3 is 1. The fourth-order valence-corrected chi connectivity index (χ4v) is 3.46. The maximum absolute atomic E-state index is 6.03. The van der Waals surface area contributed by atoms with Gasteiger partial charge in [0.25, 0.3) is 0 Å². The van der Waals surface area contributed by atoms with Crippen LogP contribution in [0.1, 0.15) is 11.1 Å². The molecule has 118 valence electrons. The Labute approximate surface area is 148 Å². The van der Waals surface area contributed by atoms with Crippen molar-refractivity contribution in [2.75, 3.05) is 20.3 Å². The predicted molar refractivity (Wildman–Crippen MR) is 96.2 cm³/mol. The van der Waals surface area contributed by atoms with Crippen LogP contribution in [0.4, 0.5) is 0 Å². The third-order valence-electron chi connectivity index (χ3n) is 3.11. The van der Waals surface area contributed by atoms with Crippen LogP contribution in [-0.4, -0.2) is 20.3 Å². The number of hydrogen-bond donors (Lipinski definition) is 1. The van der Waals surface area contributed by atoms with E-state index < -0.39 is 0 Å². The molecule has 0 aliphatic heterocycles. The lowest BCUT2D eigenvalue weighted by atomic mass is 10.2. The smallest absolute Gasteiger partial charge is 0.138 e. The van der Waals surface area contributed by atoms with Gasteiger partial charge in [-0.3, -0.25) is 0 Å². The zero-order chi connectivity index (χ0) is 15.8. The Morgan fingerprint density at radius 1 is 1.09 bits per heavy atom. The van der Waals surface area contributed by atoms with Gasteiger partial charge in [0.2, 0.25) is 0 Å². The SMILES string of the molecule is COCCNCc1cc(Br)cc(Br)c1OCc1ccccc1. The van der Waals surface area contributed by atoms with Gasteiger partial charge >= 0.3 is 0 Å². The Hall–Kier alpha value is -0.880. The number of benzene rings is 2. The summed E-state index contributed by atoms with van der Waals surface area (Å²) in [6.07, 6.45) is 0. The zero-order valence-electron chi connectivity index (χ0n) is 12.4. The molecule has 0 radical (unpaired) electrons. The molecule has 0 aliphatic rings. The molecule has 22 heavy (non-hydrogen) atoms. The maximum Gasteiger partial charge on any atom is 0.138 e. The highest BCUT2D eigenvalue weighted by Gasteiger charge is 2.10. The monoisotopic (exact) mass is 427 g/mol. The minimum atomic E-state index is 0.548. The van der Waals surface area contributed by atoms with Gasteiger partial charge in [0.05, 0.1) is 11.1 Å². The molecule has 0 aliphatic carbocycles. The molecular weight excluding hydrogens is 410 g/mol. The quantitative estimate of drug-likeness (QED) is 0.626. The highest BCUT2D eigenvalue weighted by Crippen LogP contribution is 2.33. The second kappa shape index (κ2) is 9.30.